The van der Waals surface area contributed by atoms with E-state index in [1.54, 1.807) is 19.1 Å². The van der Waals surface area contributed by atoms with Crippen molar-refractivity contribution in [2.75, 3.05) is 12.3 Å². The lowest BCUT2D eigenvalue weighted by Crippen LogP contribution is -2.15. The van der Waals surface area contributed by atoms with Crippen LogP contribution < -0.4 is 5.73 Å². The molecule has 0 bridgehead atoms. The van der Waals surface area contributed by atoms with E-state index in [1.807, 2.05) is 0 Å². The van der Waals surface area contributed by atoms with Crippen molar-refractivity contribution in [1.29, 1.82) is 0 Å². The van der Waals surface area contributed by atoms with Gasteiger partial charge in [0, 0.05) is 10.2 Å². The minimum atomic E-state index is -0.665. The smallest absolute Gasteiger partial charge is 0.338 e. The Morgan fingerprint density at radius 2 is 2.33 bits per heavy atom. The van der Waals surface area contributed by atoms with E-state index in [0.29, 0.717) is 11.3 Å². The number of aliphatic hydroxyl groups is 1. The molecule has 0 aliphatic rings. The van der Waals surface area contributed by atoms with Gasteiger partial charge in [-0.1, -0.05) is 0 Å². The Morgan fingerprint density at radius 3 is 2.87 bits per heavy atom. The maximum absolute atomic E-state index is 11.4. The molecule has 1 rings (SSSR count). The van der Waals surface area contributed by atoms with Gasteiger partial charge in [0.15, 0.2) is 0 Å². The number of carbonyl (C=O) groups excluding carboxylic acids is 1. The highest BCUT2D eigenvalue weighted by atomic mass is 79.9. The van der Waals surface area contributed by atoms with E-state index >= 15 is 0 Å². The highest BCUT2D eigenvalue weighted by molar-refractivity contribution is 9.10. The molecule has 0 saturated heterocycles. The SMILES string of the molecule is CC(O)COC(=O)c1ccc(Br)c(N)c1. The summed E-state index contributed by atoms with van der Waals surface area (Å²) in [5.74, 6) is -0.491. The van der Waals surface area contributed by atoms with Gasteiger partial charge in [0.25, 0.3) is 0 Å². The minimum Gasteiger partial charge on any atom is -0.459 e. The number of esters is 1. The molecule has 15 heavy (non-hydrogen) atoms. The molecule has 0 saturated carbocycles. The Labute approximate surface area is 96.2 Å². The number of rotatable bonds is 3. The van der Waals surface area contributed by atoms with Crippen LogP contribution in [0, 0.1) is 0 Å². The number of carbonyl (C=O) groups is 1. The van der Waals surface area contributed by atoms with E-state index < -0.39 is 12.1 Å². The normalized spacial score (nSPS) is 12.2. The molecule has 0 amide bonds. The fourth-order valence-electron chi connectivity index (χ4n) is 0.950. The lowest BCUT2D eigenvalue weighted by atomic mass is 10.2. The second kappa shape index (κ2) is 5.14. The predicted octanol–water partition coefficient (Wildman–Crippen LogP) is 1.57. The monoisotopic (exact) mass is 273 g/mol. The van der Waals surface area contributed by atoms with E-state index in [1.165, 1.54) is 6.07 Å². The van der Waals surface area contributed by atoms with Gasteiger partial charge >= 0.3 is 5.97 Å². The molecule has 1 aromatic carbocycles. The van der Waals surface area contributed by atoms with Crippen LogP contribution >= 0.6 is 15.9 Å². The molecule has 4 nitrogen and oxygen atoms in total. The molecule has 0 radical (unpaired) electrons. The highest BCUT2D eigenvalue weighted by Gasteiger charge is 2.09. The maximum atomic E-state index is 11.4. The third-order valence-corrected chi connectivity index (χ3v) is 2.41. The second-order valence-electron chi connectivity index (χ2n) is 3.18. The van der Waals surface area contributed by atoms with Crippen molar-refractivity contribution in [2.45, 2.75) is 13.0 Å². The molecular formula is C10H12BrNO3. The lowest BCUT2D eigenvalue weighted by Gasteiger charge is -2.07. The molecule has 0 spiro atoms. The zero-order valence-electron chi connectivity index (χ0n) is 8.24. The summed E-state index contributed by atoms with van der Waals surface area (Å²) >= 11 is 3.22. The summed E-state index contributed by atoms with van der Waals surface area (Å²) in [7, 11) is 0. The van der Waals surface area contributed by atoms with Crippen LogP contribution in [0.1, 0.15) is 17.3 Å². The van der Waals surface area contributed by atoms with Crippen molar-refractivity contribution in [3.05, 3.63) is 28.2 Å². The fraction of sp³-hybridized carbons (Fsp3) is 0.300. The van der Waals surface area contributed by atoms with Gasteiger partial charge in [0.2, 0.25) is 0 Å². The Morgan fingerprint density at radius 1 is 1.67 bits per heavy atom. The van der Waals surface area contributed by atoms with Crippen molar-refractivity contribution >= 4 is 27.6 Å². The zero-order valence-corrected chi connectivity index (χ0v) is 9.82. The van der Waals surface area contributed by atoms with E-state index in [9.17, 15) is 4.79 Å². The summed E-state index contributed by atoms with van der Waals surface area (Å²) < 4.78 is 5.56. The molecule has 0 fully saturated rings. The third-order valence-electron chi connectivity index (χ3n) is 1.69. The molecule has 1 aromatic rings. The molecule has 5 heteroatoms. The zero-order chi connectivity index (χ0) is 11.4. The Kier molecular flexibility index (Phi) is 4.11. The van der Waals surface area contributed by atoms with Crippen LogP contribution in [-0.2, 0) is 4.74 Å². The van der Waals surface area contributed by atoms with E-state index in [0.717, 1.165) is 4.47 Å². The Bertz CT molecular complexity index is 366. The van der Waals surface area contributed by atoms with Crippen molar-refractivity contribution in [2.24, 2.45) is 0 Å². The third kappa shape index (κ3) is 3.53. The summed E-state index contributed by atoms with van der Waals surface area (Å²) in [6.07, 6.45) is -0.665. The number of anilines is 1. The Balaban J connectivity index is 2.70. The first kappa shape index (κ1) is 12.0. The van der Waals surface area contributed by atoms with Crippen molar-refractivity contribution in [3.63, 3.8) is 0 Å². The molecule has 0 aliphatic carbocycles. The summed E-state index contributed by atoms with van der Waals surface area (Å²) in [6, 6.07) is 4.80. The average molecular weight is 274 g/mol. The lowest BCUT2D eigenvalue weighted by molar-refractivity contribution is 0.0296. The number of benzene rings is 1. The fourth-order valence-corrected chi connectivity index (χ4v) is 1.20. The Hall–Kier alpha value is -1.07. The summed E-state index contributed by atoms with van der Waals surface area (Å²) in [6.45, 7) is 1.53. The summed E-state index contributed by atoms with van der Waals surface area (Å²) in [5, 5.41) is 8.94. The summed E-state index contributed by atoms with van der Waals surface area (Å²) in [4.78, 5) is 11.4. The van der Waals surface area contributed by atoms with Gasteiger partial charge in [-0.05, 0) is 41.1 Å². The largest absolute Gasteiger partial charge is 0.459 e. The average Bonchev–Trinajstić information content (AvgIpc) is 2.18. The molecule has 82 valence electrons. The van der Waals surface area contributed by atoms with E-state index in [-0.39, 0.29) is 6.61 Å². The molecule has 1 unspecified atom stereocenters. The number of ether oxygens (including phenoxy) is 1. The van der Waals surface area contributed by atoms with Crippen molar-refractivity contribution in [1.82, 2.24) is 0 Å². The first-order valence-electron chi connectivity index (χ1n) is 4.41. The molecule has 3 N–H and O–H groups in total. The quantitative estimate of drug-likeness (QED) is 0.648. The molecular weight excluding hydrogens is 262 g/mol. The number of hydrogen-bond donors (Lipinski definition) is 2. The molecule has 0 aliphatic heterocycles. The van der Waals surface area contributed by atoms with Crippen LogP contribution in [-0.4, -0.2) is 23.8 Å². The number of aliphatic hydroxyl groups excluding tert-OH is 1. The van der Waals surface area contributed by atoms with Crippen LogP contribution in [0.5, 0.6) is 0 Å². The van der Waals surface area contributed by atoms with Gasteiger partial charge in [-0.3, -0.25) is 0 Å². The molecule has 1 atom stereocenters. The van der Waals surface area contributed by atoms with E-state index in [2.05, 4.69) is 15.9 Å². The maximum Gasteiger partial charge on any atom is 0.338 e. The van der Waals surface area contributed by atoms with Gasteiger partial charge in [-0.2, -0.15) is 0 Å². The van der Waals surface area contributed by atoms with E-state index in [4.69, 9.17) is 15.6 Å². The first-order valence-corrected chi connectivity index (χ1v) is 5.20. The number of nitrogens with two attached hydrogens (primary N) is 1. The van der Waals surface area contributed by atoms with Crippen LogP contribution in [0.4, 0.5) is 5.69 Å². The number of nitrogen functional groups attached to an aromatic ring is 1. The van der Waals surface area contributed by atoms with Crippen LogP contribution in [0.3, 0.4) is 0 Å². The van der Waals surface area contributed by atoms with Gasteiger partial charge in [0.05, 0.1) is 11.7 Å². The minimum absolute atomic E-state index is 0.0190. The first-order chi connectivity index (χ1) is 7.00. The highest BCUT2D eigenvalue weighted by Crippen LogP contribution is 2.20. The van der Waals surface area contributed by atoms with Crippen molar-refractivity contribution in [3.8, 4) is 0 Å². The molecule has 0 heterocycles. The standard InChI is InChI=1S/C10H12BrNO3/c1-6(13)5-15-10(14)7-2-3-8(11)9(12)4-7/h2-4,6,13H,5,12H2,1H3. The number of hydrogen-bond acceptors (Lipinski definition) is 4. The van der Waals surface area contributed by atoms with Crippen molar-refractivity contribution < 1.29 is 14.6 Å². The van der Waals surface area contributed by atoms with Crippen LogP contribution in [0.2, 0.25) is 0 Å². The van der Waals surface area contributed by atoms with Gasteiger partial charge in [0.1, 0.15) is 6.61 Å². The topological polar surface area (TPSA) is 72.5 Å². The number of halogens is 1. The molecule has 0 aromatic heterocycles. The van der Waals surface area contributed by atoms with Gasteiger partial charge in [-0.15, -0.1) is 0 Å². The van der Waals surface area contributed by atoms with Crippen LogP contribution in [0.15, 0.2) is 22.7 Å². The van der Waals surface area contributed by atoms with Crippen LogP contribution in [0.25, 0.3) is 0 Å². The predicted molar refractivity (Wildman–Crippen MR) is 60.5 cm³/mol. The van der Waals surface area contributed by atoms with Gasteiger partial charge in [-0.25, -0.2) is 4.79 Å². The second-order valence-corrected chi connectivity index (χ2v) is 4.04. The summed E-state index contributed by atoms with van der Waals surface area (Å²) in [5.41, 5.74) is 6.46. The van der Waals surface area contributed by atoms with Gasteiger partial charge < -0.3 is 15.6 Å².